The zero-order chi connectivity index (χ0) is 7.23. The lowest BCUT2D eigenvalue weighted by atomic mass is 10.3. The maximum Gasteiger partial charge on any atom is 0.104 e. The summed E-state index contributed by atoms with van der Waals surface area (Å²) in [5.41, 5.74) is 0. The van der Waals surface area contributed by atoms with Crippen LogP contribution in [-0.4, -0.2) is 11.7 Å². The second kappa shape index (κ2) is 4.10. The van der Waals surface area contributed by atoms with Crippen molar-refractivity contribution >= 4 is 11.3 Å². The van der Waals surface area contributed by atoms with E-state index in [4.69, 9.17) is 5.11 Å². The van der Waals surface area contributed by atoms with Gasteiger partial charge in [-0.1, -0.05) is 17.9 Å². The maximum absolute atomic E-state index is 8.32. The molecular formula is C8H8OS. The van der Waals surface area contributed by atoms with Gasteiger partial charge in [-0.3, -0.25) is 0 Å². The molecule has 1 nitrogen and oxygen atoms in total. The molecule has 1 N–H and O–H groups in total. The molecule has 1 heterocycles. The lowest BCUT2D eigenvalue weighted by Gasteiger charge is -1.81. The molecule has 0 unspecified atom stereocenters. The van der Waals surface area contributed by atoms with Gasteiger partial charge in [-0.2, -0.15) is 0 Å². The van der Waals surface area contributed by atoms with Crippen LogP contribution in [0.5, 0.6) is 0 Å². The zero-order valence-electron chi connectivity index (χ0n) is 5.50. The molecule has 2 heteroatoms. The first-order valence-electron chi connectivity index (χ1n) is 3.02. The Balaban J connectivity index is 2.41. The van der Waals surface area contributed by atoms with Gasteiger partial charge in [0, 0.05) is 11.3 Å². The molecule has 0 aliphatic rings. The van der Waals surface area contributed by atoms with Crippen molar-refractivity contribution in [3.05, 3.63) is 22.4 Å². The van der Waals surface area contributed by atoms with Gasteiger partial charge in [-0.25, -0.2) is 0 Å². The molecule has 0 saturated heterocycles. The van der Waals surface area contributed by atoms with Crippen molar-refractivity contribution in [2.24, 2.45) is 0 Å². The minimum atomic E-state index is -0.0363. The van der Waals surface area contributed by atoms with E-state index in [0.29, 0.717) is 0 Å². The molecule has 1 aromatic rings. The van der Waals surface area contributed by atoms with Gasteiger partial charge in [0.1, 0.15) is 6.61 Å². The average molecular weight is 152 g/mol. The number of aliphatic hydroxyl groups is 1. The third-order valence-electron chi connectivity index (χ3n) is 1.05. The van der Waals surface area contributed by atoms with Crippen LogP contribution >= 0.6 is 11.3 Å². The van der Waals surface area contributed by atoms with E-state index in [2.05, 4.69) is 11.8 Å². The van der Waals surface area contributed by atoms with Crippen LogP contribution in [0.1, 0.15) is 4.88 Å². The van der Waals surface area contributed by atoms with Gasteiger partial charge in [0.15, 0.2) is 0 Å². The summed E-state index contributed by atoms with van der Waals surface area (Å²) in [4.78, 5) is 1.25. The molecule has 1 aromatic heterocycles. The highest BCUT2D eigenvalue weighted by atomic mass is 32.1. The molecule has 1 rings (SSSR count). The molecule has 0 bridgehead atoms. The highest BCUT2D eigenvalue weighted by Crippen LogP contribution is 2.07. The van der Waals surface area contributed by atoms with Gasteiger partial charge in [-0.05, 0) is 11.4 Å². The minimum Gasteiger partial charge on any atom is -0.384 e. The van der Waals surface area contributed by atoms with Gasteiger partial charge in [0.25, 0.3) is 0 Å². The Kier molecular flexibility index (Phi) is 3.01. The Morgan fingerprint density at radius 1 is 1.50 bits per heavy atom. The van der Waals surface area contributed by atoms with E-state index >= 15 is 0 Å². The first-order valence-corrected chi connectivity index (χ1v) is 3.90. The van der Waals surface area contributed by atoms with E-state index in [-0.39, 0.29) is 6.61 Å². The largest absolute Gasteiger partial charge is 0.384 e. The molecule has 0 atom stereocenters. The van der Waals surface area contributed by atoms with Crippen LogP contribution in [0.25, 0.3) is 0 Å². The quantitative estimate of drug-likeness (QED) is 0.601. The average Bonchev–Trinajstić information content (AvgIpc) is 2.41. The monoisotopic (exact) mass is 152 g/mol. The van der Waals surface area contributed by atoms with Crippen molar-refractivity contribution in [3.8, 4) is 11.8 Å². The van der Waals surface area contributed by atoms with Gasteiger partial charge in [0.05, 0.1) is 0 Å². The summed E-state index contributed by atoms with van der Waals surface area (Å²) in [5, 5.41) is 10.3. The van der Waals surface area contributed by atoms with E-state index in [9.17, 15) is 0 Å². The highest BCUT2D eigenvalue weighted by Gasteiger charge is 1.86. The predicted molar refractivity (Wildman–Crippen MR) is 42.9 cm³/mol. The first kappa shape index (κ1) is 7.33. The molecule has 0 aliphatic carbocycles. The van der Waals surface area contributed by atoms with Crippen LogP contribution in [0.15, 0.2) is 17.5 Å². The van der Waals surface area contributed by atoms with Crippen LogP contribution < -0.4 is 0 Å². The van der Waals surface area contributed by atoms with E-state index in [0.717, 1.165) is 6.42 Å². The fourth-order valence-corrected chi connectivity index (χ4v) is 1.26. The molecule has 0 aliphatic heterocycles. The number of hydrogen-bond acceptors (Lipinski definition) is 2. The molecule has 10 heavy (non-hydrogen) atoms. The Labute approximate surface area is 64.3 Å². The third-order valence-corrected chi connectivity index (χ3v) is 1.92. The lowest BCUT2D eigenvalue weighted by molar-refractivity contribution is 0.350. The van der Waals surface area contributed by atoms with E-state index in [1.165, 1.54) is 4.88 Å². The Morgan fingerprint density at radius 2 is 2.40 bits per heavy atom. The van der Waals surface area contributed by atoms with Crippen molar-refractivity contribution in [2.45, 2.75) is 6.42 Å². The summed E-state index contributed by atoms with van der Waals surface area (Å²) in [5.74, 6) is 5.45. The Hall–Kier alpha value is -0.780. The van der Waals surface area contributed by atoms with Crippen LogP contribution in [0.2, 0.25) is 0 Å². The first-order chi connectivity index (χ1) is 4.93. The molecular weight excluding hydrogens is 144 g/mol. The number of rotatable bonds is 1. The Bertz CT molecular complexity index is 228. The molecule has 0 amide bonds. The molecule has 0 aromatic carbocycles. The molecule has 0 radical (unpaired) electrons. The van der Waals surface area contributed by atoms with Crippen molar-refractivity contribution in [3.63, 3.8) is 0 Å². The van der Waals surface area contributed by atoms with Gasteiger partial charge < -0.3 is 5.11 Å². The van der Waals surface area contributed by atoms with Gasteiger partial charge in [-0.15, -0.1) is 11.3 Å². The van der Waals surface area contributed by atoms with Crippen molar-refractivity contribution in [1.29, 1.82) is 0 Å². The summed E-state index contributed by atoms with van der Waals surface area (Å²) in [6.07, 6.45) is 0.762. The van der Waals surface area contributed by atoms with Crippen LogP contribution in [0.3, 0.4) is 0 Å². The highest BCUT2D eigenvalue weighted by molar-refractivity contribution is 7.09. The molecule has 0 spiro atoms. The summed E-state index contributed by atoms with van der Waals surface area (Å²) < 4.78 is 0. The topological polar surface area (TPSA) is 20.2 Å². The molecule has 0 saturated carbocycles. The van der Waals surface area contributed by atoms with E-state index in [1.54, 1.807) is 11.3 Å². The summed E-state index contributed by atoms with van der Waals surface area (Å²) in [7, 11) is 0. The maximum atomic E-state index is 8.32. The van der Waals surface area contributed by atoms with Gasteiger partial charge in [0.2, 0.25) is 0 Å². The van der Waals surface area contributed by atoms with Crippen LogP contribution in [0, 0.1) is 11.8 Å². The van der Waals surface area contributed by atoms with Crippen molar-refractivity contribution in [1.82, 2.24) is 0 Å². The van der Waals surface area contributed by atoms with Crippen molar-refractivity contribution < 1.29 is 5.11 Å². The van der Waals surface area contributed by atoms with Crippen LogP contribution in [-0.2, 0) is 6.42 Å². The Morgan fingerprint density at radius 3 is 3.00 bits per heavy atom. The second-order valence-electron chi connectivity index (χ2n) is 1.77. The summed E-state index contributed by atoms with van der Waals surface area (Å²) in [6.45, 7) is -0.0363. The van der Waals surface area contributed by atoms with Gasteiger partial charge >= 0.3 is 0 Å². The summed E-state index contributed by atoms with van der Waals surface area (Å²) >= 11 is 1.69. The van der Waals surface area contributed by atoms with E-state index < -0.39 is 0 Å². The SMILES string of the molecule is OCC#CCc1cccs1. The number of hydrogen-bond donors (Lipinski definition) is 1. The van der Waals surface area contributed by atoms with Crippen LogP contribution in [0.4, 0.5) is 0 Å². The minimum absolute atomic E-state index is 0.0363. The number of aliphatic hydroxyl groups excluding tert-OH is 1. The normalized spacial score (nSPS) is 8.50. The smallest absolute Gasteiger partial charge is 0.104 e. The zero-order valence-corrected chi connectivity index (χ0v) is 6.32. The lowest BCUT2D eigenvalue weighted by Crippen LogP contribution is -1.75. The standard InChI is InChI=1S/C8H8OS/c9-6-2-1-4-8-5-3-7-10-8/h3,5,7,9H,4,6H2. The molecule has 0 fully saturated rings. The number of thiophene rings is 1. The van der Waals surface area contributed by atoms with Crippen molar-refractivity contribution in [2.75, 3.05) is 6.61 Å². The second-order valence-corrected chi connectivity index (χ2v) is 2.80. The summed E-state index contributed by atoms with van der Waals surface area (Å²) in [6, 6.07) is 4.04. The molecule has 52 valence electrons. The predicted octanol–water partition coefficient (Wildman–Crippen LogP) is 1.29. The fraction of sp³-hybridized carbons (Fsp3) is 0.250. The fourth-order valence-electron chi connectivity index (χ4n) is 0.619. The third kappa shape index (κ3) is 2.22. The van der Waals surface area contributed by atoms with E-state index in [1.807, 2.05) is 17.5 Å².